The van der Waals surface area contributed by atoms with Crippen LogP contribution in [0.2, 0.25) is 0 Å². The number of aromatic nitrogens is 3. The number of H-pyrrole nitrogens is 1. The molecule has 0 aliphatic rings. The molecule has 0 aliphatic carbocycles. The smallest absolute Gasteiger partial charge is 0.408 e. The molecule has 0 atom stereocenters. The fourth-order valence-electron chi connectivity index (χ4n) is 2.71. The molecule has 0 saturated carbocycles. The van der Waals surface area contributed by atoms with Gasteiger partial charge in [0.25, 0.3) is 0 Å². The third-order valence-electron chi connectivity index (χ3n) is 4.04. The summed E-state index contributed by atoms with van der Waals surface area (Å²) in [6.45, 7) is -0.341. The minimum atomic E-state index is -3.98. The van der Waals surface area contributed by atoms with Crippen LogP contribution in [0.5, 0.6) is 0 Å². The Morgan fingerprint density at radius 3 is 2.76 bits per heavy atom. The van der Waals surface area contributed by atoms with Crippen molar-refractivity contribution in [3.05, 3.63) is 59.3 Å². The van der Waals surface area contributed by atoms with Crippen LogP contribution in [0.3, 0.4) is 0 Å². The Bertz CT molecular complexity index is 1470. The highest BCUT2D eigenvalue weighted by Crippen LogP contribution is 2.16. The Labute approximate surface area is 164 Å². The molecule has 1 aromatic carbocycles. The summed E-state index contributed by atoms with van der Waals surface area (Å²) in [6.07, 6.45) is 3.19. The van der Waals surface area contributed by atoms with Crippen LogP contribution >= 0.6 is 0 Å². The van der Waals surface area contributed by atoms with E-state index in [1.165, 1.54) is 18.2 Å². The first-order valence-electron chi connectivity index (χ1n) is 8.28. The number of sulfonamides is 2. The number of nitrogens with zero attached hydrogens (tertiary/aromatic N) is 2. The van der Waals surface area contributed by atoms with Crippen LogP contribution < -0.4 is 15.2 Å². The monoisotopic (exact) mass is 437 g/mol. The van der Waals surface area contributed by atoms with Gasteiger partial charge in [-0.15, -0.1) is 0 Å². The predicted octanol–water partition coefficient (Wildman–Crippen LogP) is 0.489. The van der Waals surface area contributed by atoms with E-state index in [4.69, 9.17) is 4.42 Å². The molecular weight excluding hydrogens is 422 g/mol. The minimum Gasteiger partial charge on any atom is -0.408 e. The Hall–Kier alpha value is -3.16. The highest BCUT2D eigenvalue weighted by molar-refractivity contribution is 7.92. The zero-order chi connectivity index (χ0) is 20.6. The fourth-order valence-corrected chi connectivity index (χ4v) is 4.85. The standard InChI is InChI=1S/C16H15N5O6S2/c22-16-19-14-10-13(1-2-15(14)27-16)29(25,26)18-6-8-28(23,24)20-11-4-7-21-12(9-11)3-5-17-21/h1-5,7,9-10,18,20H,6,8H2,(H,19,22). The molecule has 29 heavy (non-hydrogen) atoms. The van der Waals surface area contributed by atoms with Crippen molar-refractivity contribution < 1.29 is 21.3 Å². The van der Waals surface area contributed by atoms with E-state index in [0.717, 1.165) is 0 Å². The lowest BCUT2D eigenvalue weighted by molar-refractivity contribution is 0.555. The highest BCUT2D eigenvalue weighted by Gasteiger charge is 2.18. The molecular formula is C16H15N5O6S2. The van der Waals surface area contributed by atoms with Gasteiger partial charge in [-0.05, 0) is 36.4 Å². The number of fused-ring (bicyclic) bond motifs is 2. The normalized spacial score (nSPS) is 12.6. The van der Waals surface area contributed by atoms with Gasteiger partial charge in [-0.25, -0.2) is 30.9 Å². The first-order chi connectivity index (χ1) is 13.7. The lowest BCUT2D eigenvalue weighted by Crippen LogP contribution is -2.31. The van der Waals surface area contributed by atoms with Crippen molar-refractivity contribution in [2.24, 2.45) is 0 Å². The average Bonchev–Trinajstić information content (AvgIpc) is 3.24. The van der Waals surface area contributed by atoms with Crippen LogP contribution in [0.4, 0.5) is 5.69 Å². The zero-order valence-corrected chi connectivity index (χ0v) is 16.3. The lowest BCUT2D eigenvalue weighted by atomic mass is 10.3. The van der Waals surface area contributed by atoms with E-state index in [-0.39, 0.29) is 22.5 Å². The molecule has 0 spiro atoms. The molecule has 11 nitrogen and oxygen atoms in total. The van der Waals surface area contributed by atoms with Gasteiger partial charge in [0.2, 0.25) is 20.0 Å². The maximum atomic E-state index is 12.4. The highest BCUT2D eigenvalue weighted by atomic mass is 32.2. The molecule has 0 amide bonds. The molecule has 4 aromatic rings. The van der Waals surface area contributed by atoms with Gasteiger partial charge < -0.3 is 4.42 Å². The van der Waals surface area contributed by atoms with Crippen molar-refractivity contribution in [1.29, 1.82) is 0 Å². The Kier molecular flexibility index (Phi) is 4.64. The van der Waals surface area contributed by atoms with Gasteiger partial charge in [-0.2, -0.15) is 5.10 Å². The van der Waals surface area contributed by atoms with Gasteiger partial charge in [-0.1, -0.05) is 0 Å². The number of oxazole rings is 1. The predicted molar refractivity (Wildman–Crippen MR) is 105 cm³/mol. The number of benzene rings is 1. The number of hydrogen-bond acceptors (Lipinski definition) is 7. The number of hydrogen-bond donors (Lipinski definition) is 3. The molecule has 0 radical (unpaired) electrons. The molecule has 3 N–H and O–H groups in total. The Morgan fingerprint density at radius 1 is 1.10 bits per heavy atom. The van der Waals surface area contributed by atoms with Gasteiger partial charge in [0.1, 0.15) is 0 Å². The molecule has 0 unspecified atom stereocenters. The summed E-state index contributed by atoms with van der Waals surface area (Å²) in [6, 6.07) is 8.70. The second kappa shape index (κ2) is 7.02. The van der Waals surface area contributed by atoms with E-state index in [1.54, 1.807) is 35.1 Å². The van der Waals surface area contributed by atoms with Gasteiger partial charge >= 0.3 is 5.76 Å². The van der Waals surface area contributed by atoms with Crippen molar-refractivity contribution in [2.75, 3.05) is 17.0 Å². The summed E-state index contributed by atoms with van der Waals surface area (Å²) in [7, 11) is -7.77. The average molecular weight is 437 g/mol. The first-order valence-corrected chi connectivity index (χ1v) is 11.4. The van der Waals surface area contributed by atoms with E-state index in [0.29, 0.717) is 11.2 Å². The van der Waals surface area contributed by atoms with Crippen LogP contribution in [0.15, 0.2) is 62.9 Å². The van der Waals surface area contributed by atoms with Gasteiger partial charge in [0.05, 0.1) is 27.4 Å². The van der Waals surface area contributed by atoms with E-state index in [9.17, 15) is 21.6 Å². The summed E-state index contributed by atoms with van der Waals surface area (Å²) >= 11 is 0. The largest absolute Gasteiger partial charge is 0.417 e. The third-order valence-corrected chi connectivity index (χ3v) is 6.78. The first kappa shape index (κ1) is 19.2. The van der Waals surface area contributed by atoms with E-state index in [2.05, 4.69) is 19.5 Å². The van der Waals surface area contributed by atoms with Crippen molar-refractivity contribution in [3.63, 3.8) is 0 Å². The number of nitrogens with one attached hydrogen (secondary N) is 3. The minimum absolute atomic E-state index is 0.126. The van der Waals surface area contributed by atoms with E-state index < -0.39 is 31.6 Å². The Balaban J connectivity index is 1.42. The lowest BCUT2D eigenvalue weighted by Gasteiger charge is -2.10. The SMILES string of the molecule is O=c1[nH]c2cc(S(=O)(=O)NCCS(=O)(=O)Nc3ccn4nccc4c3)ccc2o1. The second-order valence-electron chi connectivity index (χ2n) is 6.11. The number of aromatic amines is 1. The number of pyridine rings is 1. The Morgan fingerprint density at radius 2 is 1.93 bits per heavy atom. The number of anilines is 1. The van der Waals surface area contributed by atoms with Crippen LogP contribution in [0.1, 0.15) is 0 Å². The summed E-state index contributed by atoms with van der Waals surface area (Å²) in [5, 5.41) is 4.02. The van der Waals surface area contributed by atoms with Crippen LogP contribution in [0, 0.1) is 0 Å². The molecule has 13 heteroatoms. The van der Waals surface area contributed by atoms with Crippen molar-refractivity contribution in [2.45, 2.75) is 4.90 Å². The molecule has 152 valence electrons. The van der Waals surface area contributed by atoms with Crippen LogP contribution in [-0.4, -0.2) is 43.7 Å². The van der Waals surface area contributed by atoms with Crippen molar-refractivity contribution in [3.8, 4) is 0 Å². The molecule has 0 bridgehead atoms. The molecule has 3 heterocycles. The molecule has 4 rings (SSSR count). The molecule has 0 fully saturated rings. The maximum absolute atomic E-state index is 12.4. The zero-order valence-electron chi connectivity index (χ0n) is 14.7. The molecule has 3 aromatic heterocycles. The van der Waals surface area contributed by atoms with Crippen LogP contribution in [-0.2, 0) is 20.0 Å². The topological polar surface area (TPSA) is 156 Å². The van der Waals surface area contributed by atoms with E-state index >= 15 is 0 Å². The third kappa shape index (κ3) is 4.16. The second-order valence-corrected chi connectivity index (χ2v) is 9.72. The van der Waals surface area contributed by atoms with Gasteiger partial charge in [-0.3, -0.25) is 9.71 Å². The van der Waals surface area contributed by atoms with Gasteiger partial charge in [0, 0.05) is 18.9 Å². The molecule has 0 aliphatic heterocycles. The maximum Gasteiger partial charge on any atom is 0.417 e. The number of rotatable bonds is 7. The molecule has 0 saturated heterocycles. The van der Waals surface area contributed by atoms with Crippen molar-refractivity contribution in [1.82, 2.24) is 19.3 Å². The summed E-state index contributed by atoms with van der Waals surface area (Å²) in [5.41, 5.74) is 1.49. The van der Waals surface area contributed by atoms with Gasteiger partial charge in [0.15, 0.2) is 5.58 Å². The van der Waals surface area contributed by atoms with Crippen molar-refractivity contribution >= 4 is 42.4 Å². The summed E-state index contributed by atoms with van der Waals surface area (Å²) in [5.74, 6) is -1.17. The van der Waals surface area contributed by atoms with E-state index in [1.807, 2.05) is 0 Å². The summed E-state index contributed by atoms with van der Waals surface area (Å²) in [4.78, 5) is 13.4. The quantitative estimate of drug-likeness (QED) is 0.380. The fraction of sp³-hybridized carbons (Fsp3) is 0.125. The van der Waals surface area contributed by atoms with Crippen LogP contribution in [0.25, 0.3) is 16.6 Å². The summed E-state index contributed by atoms with van der Waals surface area (Å²) < 4.78 is 60.3.